The number of carbonyl (C=O) groups excluding carboxylic acids is 1. The Morgan fingerprint density at radius 1 is 1.41 bits per heavy atom. The number of nitro groups is 1. The largest absolute Gasteiger partial charge is 0.531 e. The van der Waals surface area contributed by atoms with Gasteiger partial charge in [-0.3, -0.25) is 10.1 Å². The quantitative estimate of drug-likeness (QED) is 0.477. The number of benzene rings is 1. The molecular formula is C13H17N2O6S+. The van der Waals surface area contributed by atoms with Crippen molar-refractivity contribution in [3.63, 3.8) is 0 Å². The summed E-state index contributed by atoms with van der Waals surface area (Å²) in [6.07, 6.45) is 0.133. The Balaban J connectivity index is 2.72. The summed E-state index contributed by atoms with van der Waals surface area (Å²) in [4.78, 5) is 22.2. The minimum absolute atomic E-state index is 0.0439. The van der Waals surface area contributed by atoms with Crippen LogP contribution in [0.15, 0.2) is 29.2 Å². The second kappa shape index (κ2) is 5.65. The van der Waals surface area contributed by atoms with Crippen molar-refractivity contribution >= 4 is 21.8 Å². The summed E-state index contributed by atoms with van der Waals surface area (Å²) in [5, 5.41) is 11.1. The molecule has 1 aromatic rings. The first-order chi connectivity index (χ1) is 10.3. The van der Waals surface area contributed by atoms with E-state index in [1.807, 2.05) is 0 Å². The fourth-order valence-corrected chi connectivity index (χ4v) is 5.16. The van der Waals surface area contributed by atoms with Crippen LogP contribution >= 0.6 is 0 Å². The molecule has 1 saturated heterocycles. The summed E-state index contributed by atoms with van der Waals surface area (Å²) >= 11 is 0. The Morgan fingerprint density at radius 2 is 2.05 bits per heavy atom. The van der Waals surface area contributed by atoms with Gasteiger partial charge in [0, 0.05) is 18.9 Å². The van der Waals surface area contributed by atoms with E-state index in [1.54, 1.807) is 6.92 Å². The van der Waals surface area contributed by atoms with E-state index in [9.17, 15) is 23.3 Å². The zero-order valence-electron chi connectivity index (χ0n) is 12.3. The van der Waals surface area contributed by atoms with Crippen molar-refractivity contribution in [2.45, 2.75) is 30.7 Å². The molecule has 0 aliphatic carbocycles. The van der Waals surface area contributed by atoms with E-state index in [4.69, 9.17) is 4.74 Å². The van der Waals surface area contributed by atoms with Crippen molar-refractivity contribution in [2.75, 3.05) is 13.7 Å². The topological polar surface area (TPSA) is 104 Å². The van der Waals surface area contributed by atoms with Gasteiger partial charge in [-0.15, -0.1) is 3.89 Å². The molecule has 1 aliphatic rings. The lowest BCUT2D eigenvalue weighted by molar-refractivity contribution is -0.742. The van der Waals surface area contributed by atoms with Gasteiger partial charge < -0.3 is 4.74 Å². The molecule has 1 amide bonds. The fraction of sp³-hybridized carbons (Fsp3) is 0.462. The van der Waals surface area contributed by atoms with Crippen LogP contribution < -0.4 is 0 Å². The molecule has 22 heavy (non-hydrogen) atoms. The first-order valence-corrected chi connectivity index (χ1v) is 8.18. The van der Waals surface area contributed by atoms with E-state index in [1.165, 1.54) is 12.1 Å². The number of nitro benzene ring substituents is 1. The fourth-order valence-electron chi connectivity index (χ4n) is 2.93. The lowest BCUT2D eigenvalue weighted by Crippen LogP contribution is -2.58. The zero-order chi connectivity index (χ0) is 16.5. The second-order valence-corrected chi connectivity index (χ2v) is 7.22. The summed E-state index contributed by atoms with van der Waals surface area (Å²) in [6.45, 7) is 1.68. The predicted molar refractivity (Wildman–Crippen MR) is 76.5 cm³/mol. The molecule has 0 N–H and O–H groups in total. The number of para-hydroxylation sites is 1. The highest BCUT2D eigenvalue weighted by Gasteiger charge is 2.59. The first kappa shape index (κ1) is 16.4. The third-order valence-corrected chi connectivity index (χ3v) is 6.53. The van der Waals surface area contributed by atoms with E-state index in [2.05, 4.69) is 0 Å². The van der Waals surface area contributed by atoms with E-state index in [-0.39, 0.29) is 6.54 Å². The maximum atomic E-state index is 13.1. The highest BCUT2D eigenvalue weighted by atomic mass is 32.2. The van der Waals surface area contributed by atoms with Crippen molar-refractivity contribution in [1.29, 1.82) is 0 Å². The number of carbonyl (C=O) groups is 1. The average Bonchev–Trinajstić information content (AvgIpc) is 2.89. The van der Waals surface area contributed by atoms with Crippen LogP contribution in [0.3, 0.4) is 0 Å². The second-order valence-electron chi connectivity index (χ2n) is 5.18. The number of amides is 1. The number of rotatable bonds is 3. The van der Waals surface area contributed by atoms with E-state index >= 15 is 0 Å². The maximum Gasteiger partial charge on any atom is 0.531 e. The third kappa shape index (κ3) is 2.17. The van der Waals surface area contributed by atoms with Gasteiger partial charge in [0.25, 0.3) is 5.69 Å². The Kier molecular flexibility index (Phi) is 4.21. The van der Waals surface area contributed by atoms with Crippen LogP contribution in [0.5, 0.6) is 0 Å². The maximum absolute atomic E-state index is 13.1. The molecule has 2 atom stereocenters. The molecule has 8 nitrogen and oxygen atoms in total. The Bertz CT molecular complexity index is 717. The van der Waals surface area contributed by atoms with Crippen molar-refractivity contribution in [3.05, 3.63) is 34.4 Å². The molecule has 2 rings (SSSR count). The highest BCUT2D eigenvalue weighted by Crippen LogP contribution is 2.39. The van der Waals surface area contributed by atoms with Gasteiger partial charge in [0.1, 0.15) is 12.6 Å². The zero-order valence-corrected chi connectivity index (χ0v) is 13.1. The van der Waals surface area contributed by atoms with Gasteiger partial charge in [-0.2, -0.15) is 13.2 Å². The number of ether oxygens (including phenoxy) is 1. The minimum Gasteiger partial charge on any atom is -0.423 e. The van der Waals surface area contributed by atoms with Crippen LogP contribution in [0.25, 0.3) is 0 Å². The SMILES string of the molecule is COC(=O)[N+]1(S(=O)(=O)c2ccccc2[N+](=O)[O-])CCC[C@H]1C. The Labute approximate surface area is 128 Å². The van der Waals surface area contributed by atoms with Crippen LogP contribution in [0.4, 0.5) is 10.5 Å². The molecule has 0 bridgehead atoms. The molecule has 9 heteroatoms. The van der Waals surface area contributed by atoms with E-state index < -0.39 is 41.6 Å². The van der Waals surface area contributed by atoms with E-state index in [0.717, 1.165) is 19.2 Å². The van der Waals surface area contributed by atoms with Crippen LogP contribution in [0, 0.1) is 10.1 Å². The molecule has 0 spiro atoms. The molecule has 1 unspecified atom stereocenters. The molecule has 0 aromatic heterocycles. The number of quaternary nitrogens is 1. The smallest absolute Gasteiger partial charge is 0.423 e. The summed E-state index contributed by atoms with van der Waals surface area (Å²) < 4.78 is 29.9. The number of nitrogens with zero attached hydrogens (tertiary/aromatic N) is 2. The normalized spacial score (nSPS) is 24.9. The van der Waals surface area contributed by atoms with Crippen LogP contribution in [0.1, 0.15) is 19.8 Å². The van der Waals surface area contributed by atoms with Gasteiger partial charge >= 0.3 is 16.1 Å². The van der Waals surface area contributed by atoms with Gasteiger partial charge in [-0.25, -0.2) is 0 Å². The average molecular weight is 329 g/mol. The molecule has 0 saturated carbocycles. The van der Waals surface area contributed by atoms with E-state index in [0.29, 0.717) is 12.8 Å². The van der Waals surface area contributed by atoms with Crippen molar-refractivity contribution in [1.82, 2.24) is 0 Å². The Morgan fingerprint density at radius 3 is 2.55 bits per heavy atom. The van der Waals surface area contributed by atoms with Gasteiger partial charge in [-0.1, -0.05) is 12.1 Å². The van der Waals surface area contributed by atoms with Gasteiger partial charge in [-0.05, 0) is 13.0 Å². The van der Waals surface area contributed by atoms with Crippen molar-refractivity contribution in [2.24, 2.45) is 0 Å². The lowest BCUT2D eigenvalue weighted by atomic mass is 10.2. The lowest BCUT2D eigenvalue weighted by Gasteiger charge is -2.31. The summed E-state index contributed by atoms with van der Waals surface area (Å²) in [5.41, 5.74) is -0.539. The first-order valence-electron chi connectivity index (χ1n) is 6.74. The Hall–Kier alpha value is -2.00. The predicted octanol–water partition coefficient (Wildman–Crippen LogP) is 2.05. The molecule has 1 heterocycles. The number of sulfonamides is 1. The minimum atomic E-state index is -4.32. The van der Waals surface area contributed by atoms with Crippen LogP contribution in [-0.2, 0) is 14.8 Å². The van der Waals surface area contributed by atoms with Crippen LogP contribution in [-0.4, -0.2) is 43.0 Å². The number of hydrogen-bond donors (Lipinski definition) is 0. The number of methoxy groups -OCH3 is 1. The summed E-state index contributed by atoms with van der Waals surface area (Å²) in [6, 6.07) is 4.52. The molecular weight excluding hydrogens is 312 g/mol. The monoisotopic (exact) mass is 329 g/mol. The molecule has 1 fully saturated rings. The standard InChI is InChI=1S/C13H17N2O6S/c1-10-6-5-9-15(10,13(16)21-2)22(19,20)12-8-4-3-7-11(12)14(17)18/h3-4,7-8,10H,5-6,9H2,1-2H3/q+1/t10-,15?/m1/s1. The van der Waals surface area contributed by atoms with Crippen molar-refractivity contribution in [3.8, 4) is 0 Å². The van der Waals surface area contributed by atoms with Crippen LogP contribution in [0.2, 0.25) is 0 Å². The highest BCUT2D eigenvalue weighted by molar-refractivity contribution is 7.86. The molecule has 1 aliphatic heterocycles. The molecule has 120 valence electrons. The summed E-state index contributed by atoms with van der Waals surface area (Å²) in [7, 11) is -3.20. The van der Waals surface area contributed by atoms with Gasteiger partial charge in [0.2, 0.25) is 0 Å². The molecule has 1 aromatic carbocycles. The summed E-state index contributed by atoms with van der Waals surface area (Å²) in [5.74, 6) is 0. The number of likely N-dealkylation sites (tertiary alicyclic amines) is 1. The van der Waals surface area contributed by atoms with Gasteiger partial charge in [0.05, 0.1) is 12.0 Å². The van der Waals surface area contributed by atoms with Crippen molar-refractivity contribution < 1.29 is 26.8 Å². The molecule has 0 radical (unpaired) electrons. The number of hydrogen-bond acceptors (Lipinski definition) is 6. The third-order valence-electron chi connectivity index (χ3n) is 4.08. The van der Waals surface area contributed by atoms with Gasteiger partial charge in [0.15, 0.2) is 4.90 Å².